The van der Waals surface area contributed by atoms with Gasteiger partial charge in [0.25, 0.3) is 0 Å². The molecule has 0 amide bonds. The van der Waals surface area contributed by atoms with E-state index < -0.39 is 0 Å². The second-order valence-electron chi connectivity index (χ2n) is 5.62. The minimum Gasteiger partial charge on any atom is -0.384 e. The first-order valence-corrected chi connectivity index (χ1v) is 5.96. The van der Waals surface area contributed by atoms with Gasteiger partial charge in [-0.25, -0.2) is 0 Å². The van der Waals surface area contributed by atoms with E-state index in [0.717, 1.165) is 30.0 Å². The van der Waals surface area contributed by atoms with Crippen molar-refractivity contribution in [3.8, 4) is 6.07 Å². The number of nitriles is 1. The Balaban J connectivity index is 2.81. The molecule has 0 saturated carbocycles. The van der Waals surface area contributed by atoms with Crippen LogP contribution in [0, 0.1) is 30.6 Å². The minimum absolute atomic E-state index is 0.303. The molecular weight excluding hydrogens is 210 g/mol. The van der Waals surface area contributed by atoms with E-state index in [1.54, 1.807) is 0 Å². The van der Waals surface area contributed by atoms with Crippen molar-refractivity contribution in [1.82, 2.24) is 4.98 Å². The van der Waals surface area contributed by atoms with E-state index >= 15 is 0 Å². The SMILES string of the molecule is Cc1cc(NCCC(C)(C)C)c(C#N)c(C)n1. The number of aryl methyl sites for hydroxylation is 2. The van der Waals surface area contributed by atoms with E-state index in [9.17, 15) is 0 Å². The molecule has 0 aliphatic heterocycles. The van der Waals surface area contributed by atoms with Gasteiger partial charge in [-0.3, -0.25) is 4.98 Å². The summed E-state index contributed by atoms with van der Waals surface area (Å²) >= 11 is 0. The normalized spacial score (nSPS) is 11.1. The van der Waals surface area contributed by atoms with Crippen LogP contribution in [0.3, 0.4) is 0 Å². The first kappa shape index (κ1) is 13.5. The number of aromatic nitrogens is 1. The summed E-state index contributed by atoms with van der Waals surface area (Å²) < 4.78 is 0. The smallest absolute Gasteiger partial charge is 0.103 e. The van der Waals surface area contributed by atoms with Crippen LogP contribution in [0.4, 0.5) is 5.69 Å². The lowest BCUT2D eigenvalue weighted by molar-refractivity contribution is 0.390. The molecule has 17 heavy (non-hydrogen) atoms. The Labute approximate surface area is 104 Å². The van der Waals surface area contributed by atoms with Crippen LogP contribution in [0.25, 0.3) is 0 Å². The van der Waals surface area contributed by atoms with Gasteiger partial charge in [0.2, 0.25) is 0 Å². The zero-order chi connectivity index (χ0) is 13.1. The van der Waals surface area contributed by atoms with Crippen molar-refractivity contribution in [2.45, 2.75) is 41.0 Å². The molecule has 3 nitrogen and oxygen atoms in total. The van der Waals surface area contributed by atoms with Crippen molar-refractivity contribution in [3.05, 3.63) is 23.0 Å². The molecule has 0 aliphatic carbocycles. The lowest BCUT2D eigenvalue weighted by Gasteiger charge is -2.19. The van der Waals surface area contributed by atoms with E-state index in [1.165, 1.54) is 0 Å². The molecule has 0 spiro atoms. The number of anilines is 1. The zero-order valence-electron chi connectivity index (χ0n) is 11.4. The molecule has 0 saturated heterocycles. The highest BCUT2D eigenvalue weighted by atomic mass is 14.9. The van der Waals surface area contributed by atoms with E-state index in [4.69, 9.17) is 5.26 Å². The van der Waals surface area contributed by atoms with Crippen molar-refractivity contribution < 1.29 is 0 Å². The number of nitrogens with zero attached hydrogens (tertiary/aromatic N) is 2. The van der Waals surface area contributed by atoms with Crippen LogP contribution < -0.4 is 5.32 Å². The Hall–Kier alpha value is -1.56. The van der Waals surface area contributed by atoms with Gasteiger partial charge in [0.1, 0.15) is 6.07 Å². The fourth-order valence-corrected chi connectivity index (χ4v) is 1.68. The van der Waals surface area contributed by atoms with Gasteiger partial charge >= 0.3 is 0 Å². The van der Waals surface area contributed by atoms with Gasteiger partial charge in [-0.2, -0.15) is 5.26 Å². The van der Waals surface area contributed by atoms with Gasteiger partial charge in [-0.1, -0.05) is 20.8 Å². The van der Waals surface area contributed by atoms with Crippen LogP contribution >= 0.6 is 0 Å². The minimum atomic E-state index is 0.303. The van der Waals surface area contributed by atoms with Gasteiger partial charge in [-0.15, -0.1) is 0 Å². The summed E-state index contributed by atoms with van der Waals surface area (Å²) in [6, 6.07) is 4.15. The molecule has 92 valence electrons. The molecule has 1 aromatic heterocycles. The monoisotopic (exact) mass is 231 g/mol. The average molecular weight is 231 g/mol. The van der Waals surface area contributed by atoms with Crippen LogP contribution in [-0.4, -0.2) is 11.5 Å². The van der Waals surface area contributed by atoms with Gasteiger partial charge < -0.3 is 5.32 Å². The topological polar surface area (TPSA) is 48.7 Å². The molecule has 0 bridgehead atoms. The third kappa shape index (κ3) is 4.07. The van der Waals surface area contributed by atoms with Crippen molar-refractivity contribution in [2.24, 2.45) is 5.41 Å². The second kappa shape index (κ2) is 5.18. The molecule has 0 fully saturated rings. The molecule has 3 heteroatoms. The average Bonchev–Trinajstić information content (AvgIpc) is 2.14. The standard InChI is InChI=1S/C14H21N3/c1-10-8-13(12(9-15)11(2)17-10)16-7-6-14(3,4)5/h8H,6-7H2,1-5H3,(H,16,17). The highest BCUT2D eigenvalue weighted by Crippen LogP contribution is 2.21. The van der Waals surface area contributed by atoms with Crippen molar-refractivity contribution >= 4 is 5.69 Å². The van der Waals surface area contributed by atoms with Crippen LogP contribution in [0.2, 0.25) is 0 Å². The summed E-state index contributed by atoms with van der Waals surface area (Å²) in [5.74, 6) is 0. The molecule has 1 rings (SSSR count). The van der Waals surface area contributed by atoms with Gasteiger partial charge in [0, 0.05) is 12.2 Å². The number of hydrogen-bond acceptors (Lipinski definition) is 3. The Morgan fingerprint density at radius 1 is 1.35 bits per heavy atom. The third-order valence-electron chi connectivity index (χ3n) is 2.63. The molecule has 1 N–H and O–H groups in total. The van der Waals surface area contributed by atoms with Crippen LogP contribution in [-0.2, 0) is 0 Å². The Kier molecular flexibility index (Phi) is 4.11. The summed E-state index contributed by atoms with van der Waals surface area (Å²) in [6.07, 6.45) is 1.07. The molecule has 1 heterocycles. The second-order valence-corrected chi connectivity index (χ2v) is 5.62. The largest absolute Gasteiger partial charge is 0.384 e. The summed E-state index contributed by atoms with van der Waals surface area (Å²) in [4.78, 5) is 4.30. The molecule has 0 aliphatic rings. The van der Waals surface area contributed by atoms with Gasteiger partial charge in [-0.05, 0) is 31.7 Å². The number of nitrogens with one attached hydrogen (secondary N) is 1. The lowest BCUT2D eigenvalue weighted by Crippen LogP contribution is -2.14. The molecular formula is C14H21N3. The quantitative estimate of drug-likeness (QED) is 0.867. The van der Waals surface area contributed by atoms with Crippen LogP contribution in [0.1, 0.15) is 44.1 Å². The van der Waals surface area contributed by atoms with Gasteiger partial charge in [0.05, 0.1) is 16.9 Å². The fourth-order valence-electron chi connectivity index (χ4n) is 1.68. The Bertz CT molecular complexity index is 436. The van der Waals surface area contributed by atoms with Gasteiger partial charge in [0.15, 0.2) is 0 Å². The zero-order valence-corrected chi connectivity index (χ0v) is 11.4. The Morgan fingerprint density at radius 3 is 2.53 bits per heavy atom. The number of pyridine rings is 1. The molecule has 0 aromatic carbocycles. The first-order valence-electron chi connectivity index (χ1n) is 5.96. The lowest BCUT2D eigenvalue weighted by atomic mass is 9.92. The van der Waals surface area contributed by atoms with E-state index in [2.05, 4.69) is 37.1 Å². The maximum absolute atomic E-state index is 9.12. The number of hydrogen-bond donors (Lipinski definition) is 1. The van der Waals surface area contributed by atoms with Crippen molar-refractivity contribution in [3.63, 3.8) is 0 Å². The number of rotatable bonds is 3. The van der Waals surface area contributed by atoms with E-state index in [0.29, 0.717) is 11.0 Å². The molecule has 0 atom stereocenters. The molecule has 0 radical (unpaired) electrons. The maximum atomic E-state index is 9.12. The van der Waals surface area contributed by atoms with Crippen molar-refractivity contribution in [1.29, 1.82) is 5.26 Å². The predicted octanol–water partition coefficient (Wildman–Crippen LogP) is 3.42. The summed E-state index contributed by atoms with van der Waals surface area (Å²) in [5, 5.41) is 12.5. The van der Waals surface area contributed by atoms with Crippen LogP contribution in [0.15, 0.2) is 6.07 Å². The highest BCUT2D eigenvalue weighted by Gasteiger charge is 2.11. The first-order chi connectivity index (χ1) is 7.83. The Morgan fingerprint density at radius 2 is 2.00 bits per heavy atom. The highest BCUT2D eigenvalue weighted by molar-refractivity contribution is 5.59. The predicted molar refractivity (Wildman–Crippen MR) is 71.0 cm³/mol. The van der Waals surface area contributed by atoms with E-state index in [1.807, 2.05) is 19.9 Å². The maximum Gasteiger partial charge on any atom is 0.103 e. The third-order valence-corrected chi connectivity index (χ3v) is 2.63. The molecule has 0 unspecified atom stereocenters. The fraction of sp³-hybridized carbons (Fsp3) is 0.571. The summed E-state index contributed by atoms with van der Waals surface area (Å²) in [6.45, 7) is 11.3. The van der Waals surface area contributed by atoms with Crippen molar-refractivity contribution in [2.75, 3.05) is 11.9 Å². The van der Waals surface area contributed by atoms with E-state index in [-0.39, 0.29) is 0 Å². The van der Waals surface area contributed by atoms with Crippen LogP contribution in [0.5, 0.6) is 0 Å². The summed E-state index contributed by atoms with van der Waals surface area (Å²) in [5.41, 5.74) is 3.61. The summed E-state index contributed by atoms with van der Waals surface area (Å²) in [7, 11) is 0. The molecule has 1 aromatic rings.